The summed E-state index contributed by atoms with van der Waals surface area (Å²) in [7, 11) is 2.05. The molecule has 1 aliphatic rings. The molecule has 6 nitrogen and oxygen atoms in total. The number of hydrogen-bond donors (Lipinski definition) is 1. The summed E-state index contributed by atoms with van der Waals surface area (Å²) in [6, 6.07) is 0. The minimum atomic E-state index is 0.247. The van der Waals surface area contributed by atoms with Gasteiger partial charge in [0.25, 0.3) is 0 Å². The van der Waals surface area contributed by atoms with Gasteiger partial charge in [0.1, 0.15) is 0 Å². The van der Waals surface area contributed by atoms with Crippen molar-refractivity contribution in [2.24, 2.45) is 5.92 Å². The van der Waals surface area contributed by atoms with E-state index < -0.39 is 0 Å². The normalized spacial score (nSPS) is 20.4. The average Bonchev–Trinajstić information content (AvgIpc) is 2.76. The molecule has 0 aliphatic carbocycles. The van der Waals surface area contributed by atoms with Crippen LogP contribution < -0.4 is 5.32 Å². The van der Waals surface area contributed by atoms with Crippen molar-refractivity contribution in [2.75, 3.05) is 33.3 Å². The van der Waals surface area contributed by atoms with Crippen LogP contribution in [0, 0.1) is 5.92 Å². The number of hydrogen-bond acceptors (Lipinski definition) is 6. The molecule has 6 heteroatoms. The second-order valence-corrected chi connectivity index (χ2v) is 5.60. The molecule has 0 aromatic carbocycles. The highest BCUT2D eigenvalue weighted by atomic mass is 16.5. The van der Waals surface area contributed by atoms with E-state index in [9.17, 15) is 0 Å². The van der Waals surface area contributed by atoms with Crippen LogP contribution in [0.3, 0.4) is 0 Å². The first-order valence-corrected chi connectivity index (χ1v) is 6.96. The number of likely N-dealkylation sites (N-methyl/N-ethyl adjacent to an activating group) is 1. The minimum Gasteiger partial charge on any atom is -0.374 e. The molecule has 1 fully saturated rings. The van der Waals surface area contributed by atoms with Gasteiger partial charge in [-0.2, -0.15) is 4.98 Å². The van der Waals surface area contributed by atoms with Crippen molar-refractivity contribution >= 4 is 0 Å². The van der Waals surface area contributed by atoms with Gasteiger partial charge in [0.2, 0.25) is 5.89 Å². The predicted octanol–water partition coefficient (Wildman–Crippen LogP) is 0.688. The van der Waals surface area contributed by atoms with Crippen LogP contribution in [0.15, 0.2) is 4.52 Å². The molecule has 2 heterocycles. The van der Waals surface area contributed by atoms with E-state index in [1.54, 1.807) is 0 Å². The Kier molecular flexibility index (Phi) is 5.30. The molecule has 0 saturated carbocycles. The fraction of sp³-hybridized carbons (Fsp3) is 0.846. The van der Waals surface area contributed by atoms with E-state index in [-0.39, 0.29) is 6.10 Å². The van der Waals surface area contributed by atoms with E-state index in [1.807, 2.05) is 7.05 Å². The van der Waals surface area contributed by atoms with E-state index in [0.717, 1.165) is 38.5 Å². The number of aromatic nitrogens is 2. The molecule has 0 spiro atoms. The molecule has 19 heavy (non-hydrogen) atoms. The third-order valence-electron chi connectivity index (χ3n) is 3.03. The zero-order chi connectivity index (χ0) is 13.7. The molecular weight excluding hydrogens is 244 g/mol. The lowest BCUT2D eigenvalue weighted by Crippen LogP contribution is -2.44. The first-order chi connectivity index (χ1) is 9.13. The number of nitrogens with one attached hydrogen (secondary N) is 1. The summed E-state index contributed by atoms with van der Waals surface area (Å²) in [6.45, 7) is 8.48. The maximum atomic E-state index is 5.67. The summed E-state index contributed by atoms with van der Waals surface area (Å²) in [5.41, 5.74) is 0. The summed E-state index contributed by atoms with van der Waals surface area (Å²) in [5, 5.41) is 7.33. The van der Waals surface area contributed by atoms with Crippen molar-refractivity contribution in [3.8, 4) is 0 Å². The van der Waals surface area contributed by atoms with Gasteiger partial charge in [-0.25, -0.2) is 0 Å². The van der Waals surface area contributed by atoms with E-state index in [1.165, 1.54) is 0 Å². The van der Waals surface area contributed by atoms with Crippen LogP contribution >= 0.6 is 0 Å². The van der Waals surface area contributed by atoms with Crippen molar-refractivity contribution in [2.45, 2.75) is 32.9 Å². The molecule has 0 amide bonds. The molecule has 0 bridgehead atoms. The van der Waals surface area contributed by atoms with Crippen LogP contribution in [0.4, 0.5) is 0 Å². The third kappa shape index (κ3) is 4.89. The van der Waals surface area contributed by atoms with Crippen LogP contribution in [0.1, 0.15) is 25.6 Å². The Balaban J connectivity index is 1.77. The maximum Gasteiger partial charge on any atom is 0.240 e. The smallest absolute Gasteiger partial charge is 0.240 e. The van der Waals surface area contributed by atoms with Crippen molar-refractivity contribution in [1.29, 1.82) is 0 Å². The van der Waals surface area contributed by atoms with Gasteiger partial charge >= 0.3 is 0 Å². The van der Waals surface area contributed by atoms with Crippen molar-refractivity contribution in [1.82, 2.24) is 20.4 Å². The highest BCUT2D eigenvalue weighted by molar-refractivity contribution is 4.87. The van der Waals surface area contributed by atoms with Crippen LogP contribution in [0.2, 0.25) is 0 Å². The molecule has 1 atom stereocenters. The van der Waals surface area contributed by atoms with Gasteiger partial charge in [-0.3, -0.25) is 4.90 Å². The third-order valence-corrected chi connectivity index (χ3v) is 3.03. The lowest BCUT2D eigenvalue weighted by molar-refractivity contribution is 0.00748. The number of ether oxygens (including phenoxy) is 1. The average molecular weight is 268 g/mol. The zero-order valence-electron chi connectivity index (χ0n) is 12.1. The summed E-state index contributed by atoms with van der Waals surface area (Å²) < 4.78 is 10.9. The quantitative estimate of drug-likeness (QED) is 0.819. The van der Waals surface area contributed by atoms with Gasteiger partial charge in [-0.05, 0) is 13.0 Å². The monoisotopic (exact) mass is 268 g/mol. The number of morpholine rings is 1. The van der Waals surface area contributed by atoms with E-state index in [0.29, 0.717) is 18.4 Å². The van der Waals surface area contributed by atoms with Crippen LogP contribution in [-0.2, 0) is 17.7 Å². The van der Waals surface area contributed by atoms with Gasteiger partial charge in [-0.1, -0.05) is 19.0 Å². The highest BCUT2D eigenvalue weighted by Crippen LogP contribution is 2.07. The topological polar surface area (TPSA) is 63.4 Å². The van der Waals surface area contributed by atoms with Crippen molar-refractivity contribution < 1.29 is 9.26 Å². The fourth-order valence-corrected chi connectivity index (χ4v) is 2.18. The van der Waals surface area contributed by atoms with Crippen LogP contribution in [0.5, 0.6) is 0 Å². The van der Waals surface area contributed by atoms with Crippen LogP contribution in [-0.4, -0.2) is 54.4 Å². The lowest BCUT2D eigenvalue weighted by atomic mass is 10.1. The van der Waals surface area contributed by atoms with Crippen LogP contribution in [0.25, 0.3) is 0 Å². The molecule has 1 aliphatic heterocycles. The maximum absolute atomic E-state index is 5.67. The Morgan fingerprint density at radius 3 is 3.00 bits per heavy atom. The second-order valence-electron chi connectivity index (χ2n) is 5.60. The van der Waals surface area contributed by atoms with Gasteiger partial charge in [0, 0.05) is 26.1 Å². The lowest BCUT2D eigenvalue weighted by Gasteiger charge is -2.27. The van der Waals surface area contributed by atoms with Crippen molar-refractivity contribution in [3.63, 3.8) is 0 Å². The molecule has 1 aromatic heterocycles. The first-order valence-electron chi connectivity index (χ1n) is 6.96. The summed E-state index contributed by atoms with van der Waals surface area (Å²) >= 11 is 0. The molecule has 0 radical (unpaired) electrons. The minimum absolute atomic E-state index is 0.247. The van der Waals surface area contributed by atoms with Gasteiger partial charge in [0.05, 0.1) is 19.3 Å². The molecule has 1 unspecified atom stereocenters. The predicted molar refractivity (Wildman–Crippen MR) is 71.8 cm³/mol. The van der Waals surface area contributed by atoms with Gasteiger partial charge in [-0.15, -0.1) is 0 Å². The van der Waals surface area contributed by atoms with E-state index >= 15 is 0 Å². The molecule has 108 valence electrons. The highest BCUT2D eigenvalue weighted by Gasteiger charge is 2.17. The SMILES string of the molecule is CC(C)Cc1noc(CN(C)CC2CNCCO2)n1. The number of nitrogens with zero attached hydrogens (tertiary/aromatic N) is 3. The Labute approximate surface area is 114 Å². The first kappa shape index (κ1) is 14.4. The molecular formula is C13H24N4O2. The Morgan fingerprint density at radius 1 is 1.47 bits per heavy atom. The summed E-state index contributed by atoms with van der Waals surface area (Å²) in [4.78, 5) is 6.56. The van der Waals surface area contributed by atoms with Gasteiger partial charge in [0.15, 0.2) is 5.82 Å². The molecule has 1 saturated heterocycles. The Morgan fingerprint density at radius 2 is 2.32 bits per heavy atom. The second kappa shape index (κ2) is 6.98. The fourth-order valence-electron chi connectivity index (χ4n) is 2.18. The van der Waals surface area contributed by atoms with E-state index in [4.69, 9.17) is 9.26 Å². The largest absolute Gasteiger partial charge is 0.374 e. The van der Waals surface area contributed by atoms with Gasteiger partial charge < -0.3 is 14.6 Å². The van der Waals surface area contributed by atoms with Crippen molar-refractivity contribution in [3.05, 3.63) is 11.7 Å². The number of rotatable bonds is 6. The summed E-state index contributed by atoms with van der Waals surface area (Å²) in [5.74, 6) is 2.03. The van der Waals surface area contributed by atoms with E-state index in [2.05, 4.69) is 34.2 Å². The Hall–Kier alpha value is -0.980. The summed E-state index contributed by atoms with van der Waals surface area (Å²) in [6.07, 6.45) is 1.11. The molecule has 1 aromatic rings. The molecule has 1 N–H and O–H groups in total. The zero-order valence-corrected chi connectivity index (χ0v) is 12.1. The Bertz CT molecular complexity index is 374. The molecule has 2 rings (SSSR count). The standard InChI is InChI=1S/C13H24N4O2/c1-10(2)6-12-15-13(19-16-12)9-17(3)8-11-7-14-4-5-18-11/h10-11,14H,4-9H2,1-3H3.